The smallest absolute Gasteiger partial charge is 0.297 e. The zero-order valence-corrected chi connectivity index (χ0v) is 11.4. The van der Waals surface area contributed by atoms with E-state index in [1.54, 1.807) is 20.8 Å². The first kappa shape index (κ1) is 15.1. The number of aliphatic hydroxyl groups is 1. The first-order valence-electron chi connectivity index (χ1n) is 5.50. The van der Waals surface area contributed by atoms with Gasteiger partial charge in [-0.3, -0.25) is 4.18 Å². The fraction of sp³-hybridized carbons (Fsp3) is 0.500. The third kappa shape index (κ3) is 4.36. The van der Waals surface area contributed by atoms with Crippen LogP contribution in [-0.4, -0.2) is 25.7 Å². The van der Waals surface area contributed by atoms with E-state index in [9.17, 15) is 17.9 Å². The maximum atomic E-state index is 13.3. The molecule has 0 aliphatic heterocycles. The van der Waals surface area contributed by atoms with E-state index in [0.717, 1.165) is 6.07 Å². The molecule has 1 rings (SSSR count). The maximum absolute atomic E-state index is 13.3. The molecule has 6 heteroatoms. The minimum Gasteiger partial charge on any atom is -0.390 e. The molecule has 0 atom stereocenters. The zero-order valence-electron chi connectivity index (χ0n) is 10.6. The van der Waals surface area contributed by atoms with E-state index in [-0.39, 0.29) is 17.9 Å². The molecule has 0 bridgehead atoms. The maximum Gasteiger partial charge on any atom is 0.297 e. The Morgan fingerprint density at radius 2 is 2.00 bits per heavy atom. The van der Waals surface area contributed by atoms with Gasteiger partial charge in [0.25, 0.3) is 10.1 Å². The molecule has 0 unspecified atom stereocenters. The first-order valence-corrected chi connectivity index (χ1v) is 6.91. The highest BCUT2D eigenvalue weighted by atomic mass is 32.2. The Kier molecular flexibility index (Phi) is 4.47. The van der Waals surface area contributed by atoms with Crippen LogP contribution in [0.1, 0.15) is 25.8 Å². The topological polar surface area (TPSA) is 63.6 Å². The summed E-state index contributed by atoms with van der Waals surface area (Å²) in [5, 5.41) is 9.43. The normalized spacial score (nSPS) is 12.7. The van der Waals surface area contributed by atoms with Gasteiger partial charge in [0.1, 0.15) is 5.82 Å². The van der Waals surface area contributed by atoms with Crippen LogP contribution in [0, 0.1) is 12.7 Å². The zero-order chi connectivity index (χ0) is 14.0. The van der Waals surface area contributed by atoms with Crippen LogP contribution in [0.25, 0.3) is 0 Å². The third-order valence-electron chi connectivity index (χ3n) is 2.38. The number of aryl methyl sites for hydroxylation is 1. The Balaban J connectivity index is 2.77. The summed E-state index contributed by atoms with van der Waals surface area (Å²) in [6.07, 6.45) is 0.167. The largest absolute Gasteiger partial charge is 0.390 e. The molecule has 0 fully saturated rings. The van der Waals surface area contributed by atoms with Gasteiger partial charge in [-0.15, -0.1) is 0 Å². The van der Waals surface area contributed by atoms with E-state index in [1.807, 2.05) is 0 Å². The summed E-state index contributed by atoms with van der Waals surface area (Å²) in [7, 11) is -3.97. The van der Waals surface area contributed by atoms with Crippen molar-refractivity contribution in [3.8, 4) is 0 Å². The average Bonchev–Trinajstić information content (AvgIpc) is 2.19. The van der Waals surface area contributed by atoms with E-state index < -0.39 is 21.5 Å². The second-order valence-electron chi connectivity index (χ2n) is 4.75. The van der Waals surface area contributed by atoms with Gasteiger partial charge in [0.05, 0.1) is 17.1 Å². The summed E-state index contributed by atoms with van der Waals surface area (Å²) in [5.74, 6) is -0.595. The molecule has 0 aliphatic rings. The van der Waals surface area contributed by atoms with Crippen LogP contribution in [0.5, 0.6) is 0 Å². The van der Waals surface area contributed by atoms with E-state index in [0.29, 0.717) is 5.56 Å². The van der Waals surface area contributed by atoms with Gasteiger partial charge < -0.3 is 5.11 Å². The Hall–Kier alpha value is -0.980. The summed E-state index contributed by atoms with van der Waals surface area (Å²) in [4.78, 5) is -0.221. The molecule has 1 N–H and O–H groups in total. The molecule has 0 saturated carbocycles. The Morgan fingerprint density at radius 3 is 2.50 bits per heavy atom. The van der Waals surface area contributed by atoms with Crippen LogP contribution in [0.4, 0.5) is 4.39 Å². The highest BCUT2D eigenvalue weighted by molar-refractivity contribution is 7.86. The van der Waals surface area contributed by atoms with Crippen molar-refractivity contribution in [1.29, 1.82) is 0 Å². The van der Waals surface area contributed by atoms with Crippen LogP contribution in [-0.2, 0) is 14.3 Å². The predicted molar refractivity (Wildman–Crippen MR) is 65.2 cm³/mol. The highest BCUT2D eigenvalue weighted by Gasteiger charge is 2.19. The molecule has 4 nitrogen and oxygen atoms in total. The number of benzene rings is 1. The minimum atomic E-state index is -3.97. The van der Waals surface area contributed by atoms with Crippen LogP contribution >= 0.6 is 0 Å². The standard InChI is InChI=1S/C12H17FO4S/c1-9-4-5-10(8-11(9)13)18(15,16)17-7-6-12(2,3)14/h4-5,8,14H,6-7H2,1-3H3. The molecular weight excluding hydrogens is 259 g/mol. The summed E-state index contributed by atoms with van der Waals surface area (Å²) >= 11 is 0. The van der Waals surface area contributed by atoms with Gasteiger partial charge in [-0.1, -0.05) is 6.07 Å². The van der Waals surface area contributed by atoms with E-state index in [2.05, 4.69) is 0 Å². The van der Waals surface area contributed by atoms with E-state index in [4.69, 9.17) is 4.18 Å². The van der Waals surface area contributed by atoms with Crippen LogP contribution in [0.2, 0.25) is 0 Å². The van der Waals surface area contributed by atoms with Crippen molar-refractivity contribution in [2.45, 2.75) is 37.7 Å². The molecule has 1 aromatic rings. The minimum absolute atomic E-state index is 0.151. The van der Waals surface area contributed by atoms with Gasteiger partial charge in [-0.2, -0.15) is 8.42 Å². The van der Waals surface area contributed by atoms with Crippen LogP contribution in [0.3, 0.4) is 0 Å². The first-order chi connectivity index (χ1) is 8.12. The van der Waals surface area contributed by atoms with Crippen molar-refractivity contribution in [2.24, 2.45) is 0 Å². The Morgan fingerprint density at radius 1 is 1.39 bits per heavy atom. The van der Waals surface area contributed by atoms with Gasteiger partial charge >= 0.3 is 0 Å². The lowest BCUT2D eigenvalue weighted by Gasteiger charge is -2.16. The van der Waals surface area contributed by atoms with Gasteiger partial charge in [-0.25, -0.2) is 4.39 Å². The molecule has 18 heavy (non-hydrogen) atoms. The van der Waals surface area contributed by atoms with Gasteiger partial charge in [-0.05, 0) is 38.5 Å². The van der Waals surface area contributed by atoms with Gasteiger partial charge in [0.2, 0.25) is 0 Å². The number of rotatable bonds is 5. The Bertz CT molecular complexity index is 517. The number of halogens is 1. The van der Waals surface area contributed by atoms with Gasteiger partial charge in [0.15, 0.2) is 0 Å². The molecule has 0 aromatic heterocycles. The van der Waals surface area contributed by atoms with E-state index >= 15 is 0 Å². The molecule has 0 aliphatic carbocycles. The second-order valence-corrected chi connectivity index (χ2v) is 6.36. The molecule has 0 amide bonds. The fourth-order valence-electron chi connectivity index (χ4n) is 1.20. The molecule has 0 heterocycles. The number of hydrogen-bond acceptors (Lipinski definition) is 4. The molecule has 102 valence electrons. The summed E-state index contributed by atoms with van der Waals surface area (Å²) < 4.78 is 41.4. The van der Waals surface area contributed by atoms with Crippen molar-refractivity contribution < 1.29 is 22.1 Å². The molecule has 1 aromatic carbocycles. The highest BCUT2D eigenvalue weighted by Crippen LogP contribution is 2.17. The second kappa shape index (κ2) is 5.34. The van der Waals surface area contributed by atoms with Crippen LogP contribution < -0.4 is 0 Å². The molecular formula is C12H17FO4S. The lowest BCUT2D eigenvalue weighted by molar-refractivity contribution is 0.0564. The summed E-state index contributed by atoms with van der Waals surface area (Å²) in [6, 6.07) is 3.59. The predicted octanol–water partition coefficient (Wildman–Crippen LogP) is 2.00. The van der Waals surface area contributed by atoms with E-state index in [1.165, 1.54) is 12.1 Å². The van der Waals surface area contributed by atoms with Crippen molar-refractivity contribution in [3.63, 3.8) is 0 Å². The van der Waals surface area contributed by atoms with Crippen molar-refractivity contribution >= 4 is 10.1 Å². The fourth-order valence-corrected chi connectivity index (χ4v) is 2.12. The van der Waals surface area contributed by atoms with Crippen molar-refractivity contribution in [3.05, 3.63) is 29.6 Å². The SMILES string of the molecule is Cc1ccc(S(=O)(=O)OCCC(C)(C)O)cc1F. The quantitative estimate of drug-likeness (QED) is 0.835. The third-order valence-corrected chi connectivity index (χ3v) is 3.69. The Labute approximate surface area is 107 Å². The summed E-state index contributed by atoms with van der Waals surface area (Å²) in [5.41, 5.74) is -0.640. The molecule has 0 radical (unpaired) electrons. The van der Waals surface area contributed by atoms with Crippen LogP contribution in [0.15, 0.2) is 23.1 Å². The van der Waals surface area contributed by atoms with Crippen molar-refractivity contribution in [2.75, 3.05) is 6.61 Å². The number of hydrogen-bond donors (Lipinski definition) is 1. The summed E-state index contributed by atoms with van der Waals surface area (Å²) in [6.45, 7) is 4.49. The van der Waals surface area contributed by atoms with Crippen molar-refractivity contribution in [1.82, 2.24) is 0 Å². The monoisotopic (exact) mass is 276 g/mol. The lowest BCUT2D eigenvalue weighted by Crippen LogP contribution is -2.22. The average molecular weight is 276 g/mol. The lowest BCUT2D eigenvalue weighted by atomic mass is 10.1. The molecule has 0 saturated heterocycles. The molecule has 0 spiro atoms. The van der Waals surface area contributed by atoms with Gasteiger partial charge in [0, 0.05) is 6.42 Å².